The summed E-state index contributed by atoms with van der Waals surface area (Å²) in [5, 5.41) is 9.50. The molecule has 0 aromatic carbocycles. The lowest BCUT2D eigenvalue weighted by atomic mass is 9.58. The Balaban J connectivity index is 2.19. The molecule has 0 bridgehead atoms. The molecule has 25 heavy (non-hydrogen) atoms. The van der Waals surface area contributed by atoms with Crippen LogP contribution >= 0.6 is 0 Å². The number of nitrogens with zero attached hydrogens (tertiary/aromatic N) is 2. The molecule has 5 heteroatoms. The second-order valence-corrected chi connectivity index (χ2v) is 8.47. The topological polar surface area (TPSA) is 72.3 Å². The Bertz CT molecular complexity index is 733. The number of aliphatic hydroxyl groups is 1. The van der Waals surface area contributed by atoms with Crippen molar-refractivity contribution in [2.45, 2.75) is 71.1 Å². The van der Waals surface area contributed by atoms with Crippen LogP contribution in [0.2, 0.25) is 0 Å². The molecule has 2 aliphatic rings. The summed E-state index contributed by atoms with van der Waals surface area (Å²) in [5.74, 6) is 1.75. The molecule has 0 spiro atoms. The number of Topliss-reactive ketones (excluding diaryl/α,β-unsaturated/α-hetero) is 1. The molecule has 5 nitrogen and oxygen atoms in total. The van der Waals surface area contributed by atoms with Crippen LogP contribution in [0.3, 0.4) is 0 Å². The minimum Gasteiger partial charge on any atom is -0.515 e. The summed E-state index contributed by atoms with van der Waals surface area (Å²) < 4.78 is 5.86. The molecule has 1 fully saturated rings. The third kappa shape index (κ3) is 2.94. The Labute approximate surface area is 149 Å². The highest BCUT2D eigenvalue weighted by Gasteiger charge is 2.48. The largest absolute Gasteiger partial charge is 0.515 e. The fourth-order valence-corrected chi connectivity index (χ4v) is 4.11. The van der Waals surface area contributed by atoms with Gasteiger partial charge in [0.25, 0.3) is 0 Å². The molecule has 0 amide bonds. The van der Waals surface area contributed by atoms with E-state index in [1.807, 2.05) is 6.92 Å². The average molecular weight is 344 g/mol. The molecular formula is C20H28N2O3. The van der Waals surface area contributed by atoms with Crippen LogP contribution < -0.4 is 4.74 Å². The van der Waals surface area contributed by atoms with Crippen molar-refractivity contribution in [2.75, 3.05) is 6.61 Å². The van der Waals surface area contributed by atoms with E-state index in [4.69, 9.17) is 14.7 Å². The van der Waals surface area contributed by atoms with Crippen molar-refractivity contribution >= 4 is 5.78 Å². The third-order valence-corrected chi connectivity index (χ3v) is 5.61. The van der Waals surface area contributed by atoms with Gasteiger partial charge in [0.1, 0.15) is 5.82 Å². The highest BCUT2D eigenvalue weighted by Crippen LogP contribution is 2.51. The van der Waals surface area contributed by atoms with E-state index in [0.717, 1.165) is 36.2 Å². The molecule has 1 aromatic heterocycles. The maximum atomic E-state index is 12.2. The number of carbonyl (C=O) groups excluding carboxylic acids is 1. The Kier molecular flexibility index (Phi) is 4.38. The molecule has 2 aliphatic carbocycles. The second-order valence-electron chi connectivity index (χ2n) is 8.47. The second kappa shape index (κ2) is 6.11. The molecule has 0 radical (unpaired) electrons. The SMILES string of the molecule is CCOc1nc(C(C)(C)C)nc2c1CCC1CC(=O)/C(=C\O)CC21C. The summed E-state index contributed by atoms with van der Waals surface area (Å²) in [6.45, 7) is 11.0. The van der Waals surface area contributed by atoms with E-state index in [2.05, 4.69) is 27.7 Å². The lowest BCUT2D eigenvalue weighted by Gasteiger charge is -2.45. The van der Waals surface area contributed by atoms with Crippen LogP contribution in [-0.4, -0.2) is 27.5 Å². The van der Waals surface area contributed by atoms with Crippen LogP contribution in [-0.2, 0) is 22.0 Å². The van der Waals surface area contributed by atoms with Crippen molar-refractivity contribution < 1.29 is 14.6 Å². The number of aliphatic hydroxyl groups excluding tert-OH is 1. The fraction of sp³-hybridized carbons (Fsp3) is 0.650. The van der Waals surface area contributed by atoms with Crippen LogP contribution in [0.25, 0.3) is 0 Å². The molecular weight excluding hydrogens is 316 g/mol. The van der Waals surface area contributed by atoms with E-state index < -0.39 is 0 Å². The van der Waals surface area contributed by atoms with Gasteiger partial charge in [-0.3, -0.25) is 4.79 Å². The van der Waals surface area contributed by atoms with Crippen LogP contribution in [0.15, 0.2) is 11.8 Å². The molecule has 1 saturated carbocycles. The van der Waals surface area contributed by atoms with Gasteiger partial charge in [-0.1, -0.05) is 27.7 Å². The van der Waals surface area contributed by atoms with Gasteiger partial charge in [0.15, 0.2) is 5.78 Å². The Morgan fingerprint density at radius 1 is 1.36 bits per heavy atom. The number of allylic oxidation sites excluding steroid dienone is 1. The molecule has 136 valence electrons. The first-order valence-corrected chi connectivity index (χ1v) is 9.11. The first kappa shape index (κ1) is 17.9. The van der Waals surface area contributed by atoms with Gasteiger partial charge in [-0.2, -0.15) is 4.98 Å². The number of hydrogen-bond acceptors (Lipinski definition) is 5. The summed E-state index contributed by atoms with van der Waals surface area (Å²) in [4.78, 5) is 21.9. The van der Waals surface area contributed by atoms with E-state index in [1.165, 1.54) is 0 Å². The van der Waals surface area contributed by atoms with E-state index in [0.29, 0.717) is 30.9 Å². The summed E-state index contributed by atoms with van der Waals surface area (Å²) in [7, 11) is 0. The van der Waals surface area contributed by atoms with Crippen LogP contribution in [0.1, 0.15) is 71.0 Å². The number of ether oxygens (including phenoxy) is 1. The molecule has 0 saturated heterocycles. The molecule has 3 rings (SSSR count). The number of fused-ring (bicyclic) bond motifs is 3. The smallest absolute Gasteiger partial charge is 0.220 e. The normalized spacial score (nSPS) is 27.8. The zero-order chi connectivity index (χ0) is 18.4. The van der Waals surface area contributed by atoms with Crippen molar-refractivity contribution in [2.24, 2.45) is 5.92 Å². The van der Waals surface area contributed by atoms with Crippen molar-refractivity contribution in [1.29, 1.82) is 0 Å². The molecule has 1 heterocycles. The van der Waals surface area contributed by atoms with Gasteiger partial charge in [0, 0.05) is 28.4 Å². The van der Waals surface area contributed by atoms with E-state index in [1.54, 1.807) is 0 Å². The van der Waals surface area contributed by atoms with Gasteiger partial charge >= 0.3 is 0 Å². The third-order valence-electron chi connectivity index (χ3n) is 5.61. The zero-order valence-corrected chi connectivity index (χ0v) is 15.8. The predicted octanol–water partition coefficient (Wildman–Crippen LogP) is 3.80. The quantitative estimate of drug-likeness (QED) is 0.652. The van der Waals surface area contributed by atoms with Gasteiger partial charge in [0.05, 0.1) is 18.6 Å². The van der Waals surface area contributed by atoms with Gasteiger partial charge in [0.2, 0.25) is 5.88 Å². The summed E-state index contributed by atoms with van der Waals surface area (Å²) >= 11 is 0. The number of aromatic nitrogens is 2. The fourth-order valence-electron chi connectivity index (χ4n) is 4.11. The van der Waals surface area contributed by atoms with E-state index in [-0.39, 0.29) is 22.5 Å². The van der Waals surface area contributed by atoms with Crippen molar-refractivity contribution in [3.63, 3.8) is 0 Å². The average Bonchev–Trinajstić information content (AvgIpc) is 2.54. The first-order valence-electron chi connectivity index (χ1n) is 9.11. The number of ketones is 1. The number of rotatable bonds is 2. The van der Waals surface area contributed by atoms with Crippen molar-refractivity contribution in [3.05, 3.63) is 28.9 Å². The van der Waals surface area contributed by atoms with Crippen molar-refractivity contribution in [1.82, 2.24) is 9.97 Å². The number of hydrogen-bond donors (Lipinski definition) is 1. The van der Waals surface area contributed by atoms with E-state index >= 15 is 0 Å². The number of carbonyl (C=O) groups is 1. The van der Waals surface area contributed by atoms with E-state index in [9.17, 15) is 9.90 Å². The molecule has 1 aromatic rings. The van der Waals surface area contributed by atoms with Gasteiger partial charge in [-0.15, -0.1) is 0 Å². The lowest BCUT2D eigenvalue weighted by molar-refractivity contribution is -0.119. The summed E-state index contributed by atoms with van der Waals surface area (Å²) in [6, 6.07) is 0. The highest BCUT2D eigenvalue weighted by atomic mass is 16.5. The molecule has 2 atom stereocenters. The Morgan fingerprint density at radius 2 is 2.08 bits per heavy atom. The summed E-state index contributed by atoms with van der Waals surface area (Å²) in [6.07, 6.45) is 3.73. The maximum absolute atomic E-state index is 12.2. The first-order chi connectivity index (χ1) is 11.7. The van der Waals surface area contributed by atoms with Crippen LogP contribution in [0, 0.1) is 5.92 Å². The van der Waals surface area contributed by atoms with Crippen LogP contribution in [0.4, 0.5) is 0 Å². The maximum Gasteiger partial charge on any atom is 0.220 e. The molecule has 2 unspecified atom stereocenters. The minimum absolute atomic E-state index is 0.0588. The van der Waals surface area contributed by atoms with Crippen molar-refractivity contribution in [3.8, 4) is 5.88 Å². The summed E-state index contributed by atoms with van der Waals surface area (Å²) in [5.41, 5.74) is 2.11. The zero-order valence-electron chi connectivity index (χ0n) is 15.8. The minimum atomic E-state index is -0.273. The van der Waals surface area contributed by atoms with Gasteiger partial charge in [-0.25, -0.2) is 4.98 Å². The standard InChI is InChI=1S/C20H28N2O3/c1-6-25-17-14-8-7-13-9-15(24)12(11-23)10-20(13,5)16(14)21-18(22-17)19(2,3)4/h11,13,23H,6-10H2,1-5H3/b12-11-. The van der Waals surface area contributed by atoms with Gasteiger partial charge in [-0.05, 0) is 32.1 Å². The highest BCUT2D eigenvalue weighted by molar-refractivity contribution is 5.96. The molecule has 1 N–H and O–H groups in total. The Hall–Kier alpha value is -1.91. The van der Waals surface area contributed by atoms with Crippen LogP contribution in [0.5, 0.6) is 5.88 Å². The molecule has 0 aliphatic heterocycles. The lowest BCUT2D eigenvalue weighted by Crippen LogP contribution is -2.44. The monoisotopic (exact) mass is 344 g/mol. The van der Waals surface area contributed by atoms with Gasteiger partial charge < -0.3 is 9.84 Å². The Morgan fingerprint density at radius 3 is 2.68 bits per heavy atom. The predicted molar refractivity (Wildman–Crippen MR) is 96.0 cm³/mol.